The molecule has 0 fully saturated rings. The highest BCUT2D eigenvalue weighted by atomic mass is 32.1. The summed E-state index contributed by atoms with van der Waals surface area (Å²) in [6.45, 7) is 0. The standard InChI is InChI=1S/C46H27N3O2S/c1-3-12-28(13-4-1)29-22-24-31(25-23-29)49(30-14-5-2-6-15-30)46-47-43-33-17-8-10-21-41(33)52-45(43)44(48-46)34-18-11-20-38-42(34)36-27-39-35(26-40(36)51-38)32-16-7-9-19-37(32)50-39/h1-27H. The average Bonchev–Trinajstić information content (AvgIpc) is 3.89. The van der Waals surface area contributed by atoms with Crippen LogP contribution in [0.25, 0.3) is 86.6 Å². The van der Waals surface area contributed by atoms with Crippen LogP contribution in [0, 0.1) is 0 Å². The molecule has 5 nitrogen and oxygen atoms in total. The minimum Gasteiger partial charge on any atom is -0.456 e. The van der Waals surface area contributed by atoms with Gasteiger partial charge in [0, 0.05) is 48.6 Å². The van der Waals surface area contributed by atoms with Crippen molar-refractivity contribution in [3.8, 4) is 22.4 Å². The molecule has 0 unspecified atom stereocenters. The van der Waals surface area contributed by atoms with Crippen LogP contribution < -0.4 is 4.90 Å². The minimum atomic E-state index is 0.592. The molecule has 244 valence electrons. The highest BCUT2D eigenvalue weighted by Gasteiger charge is 2.24. The molecule has 52 heavy (non-hydrogen) atoms. The van der Waals surface area contributed by atoms with E-state index in [2.05, 4.69) is 132 Å². The minimum absolute atomic E-state index is 0.592. The predicted molar refractivity (Wildman–Crippen MR) is 215 cm³/mol. The van der Waals surface area contributed by atoms with Gasteiger partial charge in [0.2, 0.25) is 5.95 Å². The van der Waals surface area contributed by atoms with E-state index in [0.29, 0.717) is 5.95 Å². The zero-order chi connectivity index (χ0) is 34.2. The molecular formula is C46H27N3O2S. The van der Waals surface area contributed by atoms with E-state index in [9.17, 15) is 0 Å². The van der Waals surface area contributed by atoms with Crippen LogP contribution in [0.1, 0.15) is 0 Å². The second kappa shape index (κ2) is 11.4. The van der Waals surface area contributed by atoms with Crippen LogP contribution in [0.4, 0.5) is 17.3 Å². The van der Waals surface area contributed by atoms with Crippen molar-refractivity contribution < 1.29 is 8.83 Å². The number of benzene rings is 7. The summed E-state index contributed by atoms with van der Waals surface area (Å²) < 4.78 is 15.1. The number of rotatable bonds is 5. The number of thiophene rings is 1. The van der Waals surface area contributed by atoms with E-state index in [0.717, 1.165) is 92.4 Å². The highest BCUT2D eigenvalue weighted by Crippen LogP contribution is 2.46. The maximum absolute atomic E-state index is 6.58. The molecule has 11 rings (SSSR count). The lowest BCUT2D eigenvalue weighted by atomic mass is 10.0. The summed E-state index contributed by atoms with van der Waals surface area (Å²) in [7, 11) is 0. The maximum atomic E-state index is 6.58. The van der Waals surface area contributed by atoms with Gasteiger partial charge in [-0.15, -0.1) is 11.3 Å². The van der Waals surface area contributed by atoms with E-state index in [1.165, 1.54) is 5.56 Å². The van der Waals surface area contributed by atoms with Crippen molar-refractivity contribution in [3.63, 3.8) is 0 Å². The molecule has 0 aliphatic heterocycles. The van der Waals surface area contributed by atoms with E-state index < -0.39 is 0 Å². The van der Waals surface area contributed by atoms with E-state index >= 15 is 0 Å². The molecule has 0 N–H and O–H groups in total. The van der Waals surface area contributed by atoms with Gasteiger partial charge in [-0.05, 0) is 65.7 Å². The molecule has 0 atom stereocenters. The molecule has 0 aliphatic carbocycles. The summed E-state index contributed by atoms with van der Waals surface area (Å²) in [5.74, 6) is 0.592. The Morgan fingerprint density at radius 3 is 1.94 bits per heavy atom. The van der Waals surface area contributed by atoms with Crippen molar-refractivity contribution in [2.45, 2.75) is 0 Å². The van der Waals surface area contributed by atoms with Gasteiger partial charge in [0.15, 0.2) is 0 Å². The van der Waals surface area contributed by atoms with E-state index in [1.54, 1.807) is 11.3 Å². The maximum Gasteiger partial charge on any atom is 0.235 e. The molecule has 0 saturated carbocycles. The van der Waals surface area contributed by atoms with Crippen LogP contribution in [-0.2, 0) is 0 Å². The Hall–Kier alpha value is -6.76. The third-order valence-electron chi connectivity index (χ3n) is 9.90. The van der Waals surface area contributed by atoms with Crippen LogP contribution in [0.3, 0.4) is 0 Å². The fraction of sp³-hybridized carbons (Fsp3) is 0. The first kappa shape index (κ1) is 29.0. The molecule has 0 aliphatic rings. The predicted octanol–water partition coefficient (Wildman–Crippen LogP) is 13.4. The second-order valence-electron chi connectivity index (χ2n) is 13.0. The van der Waals surface area contributed by atoms with Crippen molar-refractivity contribution in [3.05, 3.63) is 164 Å². The van der Waals surface area contributed by atoms with Crippen molar-refractivity contribution >= 4 is 92.8 Å². The smallest absolute Gasteiger partial charge is 0.235 e. The van der Waals surface area contributed by atoms with Crippen molar-refractivity contribution in [2.24, 2.45) is 0 Å². The molecule has 0 amide bonds. The van der Waals surface area contributed by atoms with Gasteiger partial charge in [-0.25, -0.2) is 9.97 Å². The van der Waals surface area contributed by atoms with E-state index in [1.807, 2.05) is 36.4 Å². The molecule has 0 bridgehead atoms. The molecule has 0 spiro atoms. The first-order valence-electron chi connectivity index (χ1n) is 17.2. The summed E-state index contributed by atoms with van der Waals surface area (Å²) in [4.78, 5) is 13.0. The van der Waals surface area contributed by atoms with Crippen molar-refractivity contribution in [2.75, 3.05) is 4.90 Å². The second-order valence-corrected chi connectivity index (χ2v) is 14.0. The molecular weight excluding hydrogens is 659 g/mol. The van der Waals surface area contributed by atoms with Crippen molar-refractivity contribution in [1.82, 2.24) is 9.97 Å². The summed E-state index contributed by atoms with van der Waals surface area (Å²) in [5.41, 5.74) is 10.3. The normalized spacial score (nSPS) is 11.8. The molecule has 11 aromatic rings. The number of anilines is 3. The molecule has 4 heterocycles. The third-order valence-corrected chi connectivity index (χ3v) is 11.1. The fourth-order valence-electron chi connectivity index (χ4n) is 7.49. The molecule has 4 aromatic heterocycles. The van der Waals surface area contributed by atoms with Crippen LogP contribution in [0.5, 0.6) is 0 Å². The molecule has 0 saturated heterocycles. The first-order chi connectivity index (χ1) is 25.8. The Labute approximate surface area is 301 Å². The van der Waals surface area contributed by atoms with Crippen molar-refractivity contribution in [1.29, 1.82) is 0 Å². The largest absolute Gasteiger partial charge is 0.456 e. The van der Waals surface area contributed by atoms with E-state index in [-0.39, 0.29) is 0 Å². The van der Waals surface area contributed by atoms with Crippen LogP contribution in [-0.4, -0.2) is 9.97 Å². The van der Waals surface area contributed by atoms with Gasteiger partial charge in [0.1, 0.15) is 22.3 Å². The molecule has 6 heteroatoms. The van der Waals surface area contributed by atoms with Gasteiger partial charge in [-0.3, -0.25) is 4.90 Å². The van der Waals surface area contributed by atoms with Crippen LogP contribution in [0.15, 0.2) is 173 Å². The Kier molecular flexibility index (Phi) is 6.35. The number of furan rings is 2. The highest BCUT2D eigenvalue weighted by molar-refractivity contribution is 7.26. The van der Waals surface area contributed by atoms with Gasteiger partial charge < -0.3 is 8.83 Å². The van der Waals surface area contributed by atoms with Gasteiger partial charge in [-0.1, -0.05) is 109 Å². The zero-order valence-electron chi connectivity index (χ0n) is 27.7. The van der Waals surface area contributed by atoms with Gasteiger partial charge >= 0.3 is 0 Å². The summed E-state index contributed by atoms with van der Waals surface area (Å²) in [6, 6.07) is 56.5. The number of fused-ring (bicyclic) bond motifs is 9. The first-order valence-corrected chi connectivity index (χ1v) is 18.1. The Bertz CT molecular complexity index is 3130. The van der Waals surface area contributed by atoms with Crippen LogP contribution in [0.2, 0.25) is 0 Å². The monoisotopic (exact) mass is 685 g/mol. The Balaban J connectivity index is 1.18. The fourth-order valence-corrected chi connectivity index (χ4v) is 8.64. The number of aromatic nitrogens is 2. The lowest BCUT2D eigenvalue weighted by molar-refractivity contribution is 0.664. The van der Waals surface area contributed by atoms with Gasteiger partial charge in [0.05, 0.1) is 15.9 Å². The zero-order valence-corrected chi connectivity index (χ0v) is 28.5. The number of para-hydroxylation sites is 2. The topological polar surface area (TPSA) is 55.3 Å². The van der Waals surface area contributed by atoms with Gasteiger partial charge in [-0.2, -0.15) is 0 Å². The Morgan fingerprint density at radius 2 is 1.10 bits per heavy atom. The Morgan fingerprint density at radius 1 is 0.462 bits per heavy atom. The summed E-state index contributed by atoms with van der Waals surface area (Å²) in [5, 5.41) is 5.21. The lowest BCUT2D eigenvalue weighted by Crippen LogP contribution is -2.13. The quantitative estimate of drug-likeness (QED) is 0.180. The number of hydrogen-bond acceptors (Lipinski definition) is 6. The van der Waals surface area contributed by atoms with E-state index in [4.69, 9.17) is 18.8 Å². The average molecular weight is 686 g/mol. The lowest BCUT2D eigenvalue weighted by Gasteiger charge is -2.24. The summed E-state index contributed by atoms with van der Waals surface area (Å²) in [6.07, 6.45) is 0. The SMILES string of the molecule is c1ccc(-c2ccc(N(c3ccccc3)c3nc(-c4cccc5oc6cc7c(cc6c45)oc4ccccc47)c4sc5ccccc5c4n3)cc2)cc1. The third kappa shape index (κ3) is 4.48. The number of nitrogens with zero attached hydrogens (tertiary/aromatic N) is 3. The van der Waals surface area contributed by atoms with Gasteiger partial charge in [0.25, 0.3) is 0 Å². The summed E-state index contributed by atoms with van der Waals surface area (Å²) >= 11 is 1.72. The molecule has 0 radical (unpaired) electrons. The molecule has 7 aromatic carbocycles. The van der Waals surface area contributed by atoms with Crippen LogP contribution >= 0.6 is 11.3 Å². The number of hydrogen-bond donors (Lipinski definition) is 0.